The van der Waals surface area contributed by atoms with Gasteiger partial charge in [0.2, 0.25) is 0 Å². The highest BCUT2D eigenvalue weighted by atomic mass is 16.8. The SMILES string of the molecule is CC(C)CCCCOC(=O)OC1CCCCC1OC(=O)OC1CCCCC1. The van der Waals surface area contributed by atoms with E-state index < -0.39 is 24.5 Å². The molecular formula is C21H36O6. The molecule has 0 spiro atoms. The Bertz CT molecular complexity index is 444. The van der Waals surface area contributed by atoms with Gasteiger partial charge < -0.3 is 18.9 Å². The lowest BCUT2D eigenvalue weighted by molar-refractivity contribution is -0.0796. The molecule has 0 bridgehead atoms. The molecule has 2 saturated carbocycles. The summed E-state index contributed by atoms with van der Waals surface area (Å²) in [6.45, 7) is 4.72. The fourth-order valence-electron chi connectivity index (χ4n) is 3.77. The molecule has 27 heavy (non-hydrogen) atoms. The van der Waals surface area contributed by atoms with Crippen LogP contribution in [0.2, 0.25) is 0 Å². The molecule has 2 aliphatic rings. The van der Waals surface area contributed by atoms with Crippen molar-refractivity contribution >= 4 is 12.3 Å². The van der Waals surface area contributed by atoms with Crippen molar-refractivity contribution in [2.75, 3.05) is 6.61 Å². The molecule has 0 aromatic heterocycles. The van der Waals surface area contributed by atoms with E-state index in [9.17, 15) is 9.59 Å². The maximum atomic E-state index is 12.1. The molecule has 0 amide bonds. The highest BCUT2D eigenvalue weighted by molar-refractivity contribution is 5.61. The first-order valence-electron chi connectivity index (χ1n) is 10.7. The first kappa shape index (κ1) is 21.8. The lowest BCUT2D eigenvalue weighted by Crippen LogP contribution is -2.38. The third kappa shape index (κ3) is 8.85. The summed E-state index contributed by atoms with van der Waals surface area (Å²) in [5.74, 6) is 0.658. The van der Waals surface area contributed by atoms with Gasteiger partial charge in [0.25, 0.3) is 0 Å². The average Bonchev–Trinajstić information content (AvgIpc) is 2.63. The first-order chi connectivity index (χ1) is 13.0. The molecule has 2 unspecified atom stereocenters. The topological polar surface area (TPSA) is 71.1 Å². The molecule has 0 aromatic rings. The van der Waals surface area contributed by atoms with Crippen LogP contribution in [0, 0.1) is 5.92 Å². The normalized spacial score (nSPS) is 23.7. The quantitative estimate of drug-likeness (QED) is 0.391. The predicted molar refractivity (Wildman–Crippen MR) is 102 cm³/mol. The molecule has 2 aliphatic carbocycles. The molecule has 0 aromatic carbocycles. The van der Waals surface area contributed by atoms with Gasteiger partial charge in [-0.2, -0.15) is 0 Å². The number of carbonyl (C=O) groups is 2. The molecule has 2 fully saturated rings. The van der Waals surface area contributed by atoms with Crippen molar-refractivity contribution in [3.8, 4) is 0 Å². The van der Waals surface area contributed by atoms with Crippen LogP contribution in [0.25, 0.3) is 0 Å². The van der Waals surface area contributed by atoms with Gasteiger partial charge >= 0.3 is 12.3 Å². The minimum atomic E-state index is -0.666. The molecule has 2 atom stereocenters. The van der Waals surface area contributed by atoms with Crippen LogP contribution >= 0.6 is 0 Å². The summed E-state index contributed by atoms with van der Waals surface area (Å²) in [6, 6.07) is 0. The van der Waals surface area contributed by atoms with Crippen molar-refractivity contribution in [1.29, 1.82) is 0 Å². The highest BCUT2D eigenvalue weighted by Crippen LogP contribution is 2.26. The Morgan fingerprint density at radius 1 is 0.778 bits per heavy atom. The van der Waals surface area contributed by atoms with E-state index in [0.717, 1.165) is 57.8 Å². The van der Waals surface area contributed by atoms with E-state index in [1.54, 1.807) is 0 Å². The maximum Gasteiger partial charge on any atom is 0.508 e. The molecule has 0 saturated heterocycles. The molecule has 0 radical (unpaired) electrons. The fourth-order valence-corrected chi connectivity index (χ4v) is 3.77. The van der Waals surface area contributed by atoms with Gasteiger partial charge in [-0.25, -0.2) is 9.59 Å². The van der Waals surface area contributed by atoms with E-state index in [0.29, 0.717) is 25.4 Å². The second-order valence-corrected chi connectivity index (χ2v) is 8.21. The highest BCUT2D eigenvalue weighted by Gasteiger charge is 2.33. The van der Waals surface area contributed by atoms with Crippen molar-refractivity contribution in [1.82, 2.24) is 0 Å². The standard InChI is InChI=1S/C21H36O6/c1-16(2)10-8-9-15-24-20(22)26-18-13-6-7-14-19(18)27-21(23)25-17-11-4-3-5-12-17/h16-19H,3-15H2,1-2H3. The Kier molecular flexibility index (Phi) is 9.78. The average molecular weight is 385 g/mol. The van der Waals surface area contributed by atoms with Crippen molar-refractivity contribution in [3.63, 3.8) is 0 Å². The summed E-state index contributed by atoms with van der Waals surface area (Å²) in [5, 5.41) is 0. The van der Waals surface area contributed by atoms with Crippen molar-refractivity contribution in [2.45, 2.75) is 109 Å². The van der Waals surface area contributed by atoms with Gasteiger partial charge in [0.05, 0.1) is 6.61 Å². The largest absolute Gasteiger partial charge is 0.508 e. The zero-order valence-electron chi connectivity index (χ0n) is 17.0. The monoisotopic (exact) mass is 384 g/mol. The smallest absolute Gasteiger partial charge is 0.434 e. The van der Waals surface area contributed by atoms with Gasteiger partial charge in [0, 0.05) is 0 Å². The predicted octanol–water partition coefficient (Wildman–Crippen LogP) is 5.76. The molecule has 156 valence electrons. The van der Waals surface area contributed by atoms with E-state index >= 15 is 0 Å². The molecule has 6 heteroatoms. The van der Waals surface area contributed by atoms with Crippen LogP contribution in [0.4, 0.5) is 9.59 Å². The minimum Gasteiger partial charge on any atom is -0.434 e. The zero-order valence-corrected chi connectivity index (χ0v) is 17.0. The Morgan fingerprint density at radius 2 is 1.37 bits per heavy atom. The summed E-state index contributed by atoms with van der Waals surface area (Å²) in [4.78, 5) is 24.0. The Hall–Kier alpha value is -1.46. The van der Waals surface area contributed by atoms with Crippen LogP contribution in [-0.2, 0) is 18.9 Å². The van der Waals surface area contributed by atoms with E-state index in [4.69, 9.17) is 18.9 Å². The molecule has 2 rings (SSSR count). The van der Waals surface area contributed by atoms with Gasteiger partial charge in [-0.15, -0.1) is 0 Å². The third-order valence-electron chi connectivity index (χ3n) is 5.35. The van der Waals surface area contributed by atoms with Crippen molar-refractivity contribution in [3.05, 3.63) is 0 Å². The Labute approximate surface area is 163 Å². The zero-order chi connectivity index (χ0) is 19.5. The molecule has 0 N–H and O–H groups in total. The lowest BCUT2D eigenvalue weighted by Gasteiger charge is -2.30. The number of hydrogen-bond acceptors (Lipinski definition) is 6. The van der Waals surface area contributed by atoms with Gasteiger partial charge in [-0.05, 0) is 70.1 Å². The van der Waals surface area contributed by atoms with Crippen LogP contribution in [0.1, 0.15) is 90.9 Å². The fraction of sp³-hybridized carbons (Fsp3) is 0.905. The van der Waals surface area contributed by atoms with Crippen LogP contribution in [0.3, 0.4) is 0 Å². The number of rotatable bonds is 8. The van der Waals surface area contributed by atoms with E-state index in [1.807, 2.05) is 0 Å². The van der Waals surface area contributed by atoms with Gasteiger partial charge in [0.1, 0.15) is 18.3 Å². The number of hydrogen-bond donors (Lipinski definition) is 0. The summed E-state index contributed by atoms with van der Waals surface area (Å²) in [5.41, 5.74) is 0. The van der Waals surface area contributed by atoms with E-state index in [-0.39, 0.29) is 6.10 Å². The molecule has 0 heterocycles. The minimum absolute atomic E-state index is 0.0370. The summed E-state index contributed by atoms with van der Waals surface area (Å²) in [7, 11) is 0. The van der Waals surface area contributed by atoms with Gasteiger partial charge in [-0.1, -0.05) is 26.7 Å². The van der Waals surface area contributed by atoms with Gasteiger partial charge in [0.15, 0.2) is 0 Å². The second kappa shape index (κ2) is 12.1. The third-order valence-corrected chi connectivity index (χ3v) is 5.35. The van der Waals surface area contributed by atoms with Crippen LogP contribution < -0.4 is 0 Å². The number of ether oxygens (including phenoxy) is 4. The van der Waals surface area contributed by atoms with E-state index in [2.05, 4.69) is 13.8 Å². The van der Waals surface area contributed by atoms with E-state index in [1.165, 1.54) is 6.42 Å². The van der Waals surface area contributed by atoms with Crippen LogP contribution in [0.15, 0.2) is 0 Å². The second-order valence-electron chi connectivity index (χ2n) is 8.21. The van der Waals surface area contributed by atoms with Crippen molar-refractivity contribution in [2.24, 2.45) is 5.92 Å². The Balaban J connectivity index is 1.68. The number of carbonyl (C=O) groups excluding carboxylic acids is 2. The number of unbranched alkanes of at least 4 members (excludes halogenated alkanes) is 1. The summed E-state index contributed by atoms with van der Waals surface area (Å²) >= 11 is 0. The van der Waals surface area contributed by atoms with Crippen LogP contribution in [-0.4, -0.2) is 37.2 Å². The maximum absolute atomic E-state index is 12.1. The van der Waals surface area contributed by atoms with Gasteiger partial charge in [-0.3, -0.25) is 0 Å². The Morgan fingerprint density at radius 3 is 2.00 bits per heavy atom. The first-order valence-corrected chi connectivity index (χ1v) is 10.7. The molecule has 0 aliphatic heterocycles. The molecular weight excluding hydrogens is 348 g/mol. The van der Waals surface area contributed by atoms with Crippen LogP contribution in [0.5, 0.6) is 0 Å². The summed E-state index contributed by atoms with van der Waals surface area (Å²) in [6.07, 6.45) is 9.24. The summed E-state index contributed by atoms with van der Waals surface area (Å²) < 4.78 is 21.5. The lowest BCUT2D eigenvalue weighted by atomic mass is 9.94. The van der Waals surface area contributed by atoms with Crippen molar-refractivity contribution < 1.29 is 28.5 Å². The molecule has 6 nitrogen and oxygen atoms in total.